The second-order valence-electron chi connectivity index (χ2n) is 5.30. The van der Waals surface area contributed by atoms with E-state index in [-0.39, 0.29) is 17.6 Å². The molecule has 1 aromatic carbocycles. The Kier molecular flexibility index (Phi) is 6.41. The van der Waals surface area contributed by atoms with Crippen molar-refractivity contribution in [2.45, 2.75) is 25.7 Å². The van der Waals surface area contributed by atoms with Gasteiger partial charge in [0.25, 0.3) is 0 Å². The molecule has 1 heterocycles. The first kappa shape index (κ1) is 16.8. The number of cyclic esters (lactones) is 1. The van der Waals surface area contributed by atoms with Gasteiger partial charge in [-0.1, -0.05) is 36.4 Å². The van der Waals surface area contributed by atoms with Crippen LogP contribution in [0.2, 0.25) is 0 Å². The summed E-state index contributed by atoms with van der Waals surface area (Å²) in [6, 6.07) is 8.99. The molecule has 1 N–H and O–H groups in total. The maximum Gasteiger partial charge on any atom is 0.413 e. The van der Waals surface area contributed by atoms with Gasteiger partial charge >= 0.3 is 6.09 Å². The van der Waals surface area contributed by atoms with Crippen LogP contribution < -0.4 is 0 Å². The second-order valence-corrected chi connectivity index (χ2v) is 5.30. The van der Waals surface area contributed by atoms with Gasteiger partial charge in [0.1, 0.15) is 12.4 Å². The van der Waals surface area contributed by atoms with Gasteiger partial charge in [0.15, 0.2) is 5.78 Å². The highest BCUT2D eigenvalue weighted by molar-refractivity contribution is 5.95. The van der Waals surface area contributed by atoms with Crippen molar-refractivity contribution >= 4 is 17.6 Å². The number of hydrogen-bond acceptors (Lipinski definition) is 4. The summed E-state index contributed by atoms with van der Waals surface area (Å²) in [5.41, 5.74) is 0.640. The van der Waals surface area contributed by atoms with E-state index in [1.54, 1.807) is 18.3 Å². The lowest BCUT2D eigenvalue weighted by Gasteiger charge is -2.04. The van der Waals surface area contributed by atoms with Crippen LogP contribution in [0.1, 0.15) is 31.2 Å². The van der Waals surface area contributed by atoms with E-state index in [0.29, 0.717) is 25.1 Å². The Morgan fingerprint density at radius 3 is 2.74 bits per heavy atom. The Bertz CT molecular complexity index is 592. The van der Waals surface area contributed by atoms with Gasteiger partial charge in [0.2, 0.25) is 0 Å². The molecule has 1 saturated heterocycles. The van der Waals surface area contributed by atoms with Crippen molar-refractivity contribution in [3.8, 4) is 0 Å². The fourth-order valence-electron chi connectivity index (χ4n) is 2.22. The number of ether oxygens (including phenoxy) is 1. The first-order valence-electron chi connectivity index (χ1n) is 7.76. The third-order valence-corrected chi connectivity index (χ3v) is 3.49. The van der Waals surface area contributed by atoms with E-state index < -0.39 is 0 Å². The fraction of sp³-hybridized carbons (Fsp3) is 0.333. The largest absolute Gasteiger partial charge is 0.507 e. The number of aliphatic hydroxyl groups is 1. The lowest BCUT2D eigenvalue weighted by molar-refractivity contribution is -0.114. The lowest BCUT2D eigenvalue weighted by Crippen LogP contribution is -2.16. The van der Waals surface area contributed by atoms with Crippen LogP contribution in [-0.2, 0) is 9.53 Å². The Morgan fingerprint density at radius 1 is 1.26 bits per heavy atom. The molecule has 1 aliphatic rings. The van der Waals surface area contributed by atoms with Crippen molar-refractivity contribution in [1.82, 2.24) is 4.90 Å². The van der Waals surface area contributed by atoms with Gasteiger partial charge in [-0.25, -0.2) is 4.79 Å². The maximum atomic E-state index is 11.8. The number of rotatable bonds is 8. The van der Waals surface area contributed by atoms with Crippen LogP contribution in [-0.4, -0.2) is 35.0 Å². The molecule has 1 aromatic rings. The summed E-state index contributed by atoms with van der Waals surface area (Å²) in [6.07, 6.45) is 7.41. The average Bonchev–Trinajstić information content (AvgIpc) is 2.96. The number of carbonyl (C=O) groups is 2. The Hall–Kier alpha value is -2.56. The summed E-state index contributed by atoms with van der Waals surface area (Å²) in [5.74, 6) is -0.0819. The Balaban J connectivity index is 1.65. The monoisotopic (exact) mass is 315 g/mol. The highest BCUT2D eigenvalue weighted by Gasteiger charge is 2.18. The van der Waals surface area contributed by atoms with Crippen molar-refractivity contribution in [3.05, 3.63) is 54.2 Å². The minimum absolute atomic E-state index is 0.00282. The highest BCUT2D eigenvalue weighted by atomic mass is 16.6. The summed E-state index contributed by atoms with van der Waals surface area (Å²) in [6.45, 7) is 1.03. The normalized spacial score (nSPS) is 15.2. The van der Waals surface area contributed by atoms with Crippen molar-refractivity contribution in [2.24, 2.45) is 0 Å². The van der Waals surface area contributed by atoms with Gasteiger partial charge in [0, 0.05) is 24.3 Å². The van der Waals surface area contributed by atoms with Crippen molar-refractivity contribution < 1.29 is 19.4 Å². The number of hydrogen-bond donors (Lipinski definition) is 1. The molecule has 2 rings (SSSR count). The zero-order chi connectivity index (χ0) is 16.5. The molecule has 0 spiro atoms. The van der Waals surface area contributed by atoms with E-state index in [2.05, 4.69) is 0 Å². The maximum absolute atomic E-state index is 11.8. The van der Waals surface area contributed by atoms with Crippen LogP contribution in [0.3, 0.4) is 0 Å². The summed E-state index contributed by atoms with van der Waals surface area (Å²) in [5, 5.41) is 9.86. The van der Waals surface area contributed by atoms with E-state index in [1.165, 1.54) is 11.0 Å². The van der Waals surface area contributed by atoms with Crippen LogP contribution in [0.15, 0.2) is 48.7 Å². The zero-order valence-electron chi connectivity index (χ0n) is 13.0. The molecule has 0 atom stereocenters. The minimum Gasteiger partial charge on any atom is -0.507 e. The number of unbranched alkanes of at least 4 members (excludes halogenated alkanes) is 2. The minimum atomic E-state index is -0.307. The number of amides is 1. The second kappa shape index (κ2) is 8.78. The SMILES string of the molecule is O=C(/C=C(\O)c1ccccc1)CCCC/C=C/N1CCOC1=O. The molecular weight excluding hydrogens is 294 g/mol. The quantitative estimate of drug-likeness (QED) is 0.451. The van der Waals surface area contributed by atoms with Crippen LogP contribution >= 0.6 is 0 Å². The lowest BCUT2D eigenvalue weighted by atomic mass is 10.1. The third kappa shape index (κ3) is 5.62. The van der Waals surface area contributed by atoms with Crippen LogP contribution in [0.25, 0.3) is 5.76 Å². The van der Waals surface area contributed by atoms with Crippen LogP contribution in [0.5, 0.6) is 0 Å². The number of aliphatic hydroxyl groups excluding tert-OH is 1. The topological polar surface area (TPSA) is 66.8 Å². The molecule has 0 aromatic heterocycles. The van der Waals surface area contributed by atoms with E-state index in [4.69, 9.17) is 4.74 Å². The Morgan fingerprint density at radius 2 is 2.04 bits per heavy atom. The summed E-state index contributed by atoms with van der Waals surface area (Å²) in [7, 11) is 0. The Labute approximate surface area is 135 Å². The number of allylic oxidation sites excluding steroid dienone is 2. The predicted molar refractivity (Wildman–Crippen MR) is 87.7 cm³/mol. The fourth-order valence-corrected chi connectivity index (χ4v) is 2.22. The molecule has 1 fully saturated rings. The van der Waals surface area contributed by atoms with Crippen molar-refractivity contribution in [3.63, 3.8) is 0 Å². The summed E-state index contributed by atoms with van der Waals surface area (Å²) >= 11 is 0. The number of carbonyl (C=O) groups excluding carboxylic acids is 2. The molecule has 0 radical (unpaired) electrons. The zero-order valence-corrected chi connectivity index (χ0v) is 13.0. The summed E-state index contributed by atoms with van der Waals surface area (Å²) < 4.78 is 4.81. The van der Waals surface area contributed by atoms with E-state index in [9.17, 15) is 14.7 Å². The molecule has 23 heavy (non-hydrogen) atoms. The van der Waals surface area contributed by atoms with Crippen LogP contribution in [0, 0.1) is 0 Å². The van der Waals surface area contributed by atoms with Gasteiger partial charge in [-0.2, -0.15) is 0 Å². The molecule has 1 aliphatic heterocycles. The molecule has 0 saturated carbocycles. The van der Waals surface area contributed by atoms with Gasteiger partial charge in [0.05, 0.1) is 6.54 Å². The molecule has 0 unspecified atom stereocenters. The molecular formula is C18H21NO4. The molecule has 122 valence electrons. The average molecular weight is 315 g/mol. The predicted octanol–water partition coefficient (Wildman–Crippen LogP) is 3.68. The molecule has 0 bridgehead atoms. The highest BCUT2D eigenvalue weighted by Crippen LogP contribution is 2.12. The molecule has 5 nitrogen and oxygen atoms in total. The van der Waals surface area contributed by atoms with Crippen molar-refractivity contribution in [1.29, 1.82) is 0 Å². The van der Waals surface area contributed by atoms with E-state index in [1.807, 2.05) is 24.3 Å². The number of ketones is 1. The van der Waals surface area contributed by atoms with Gasteiger partial charge < -0.3 is 9.84 Å². The van der Waals surface area contributed by atoms with Crippen LogP contribution in [0.4, 0.5) is 4.79 Å². The van der Waals surface area contributed by atoms with Crippen molar-refractivity contribution in [2.75, 3.05) is 13.2 Å². The standard InChI is InChI=1S/C18H21NO4/c20-16(14-17(21)15-8-4-3-5-9-15)10-6-1-2-7-11-19-12-13-23-18(19)22/h3-5,7-9,11,14,21H,1-2,6,10,12-13H2/b11-7+,17-14-. The van der Waals surface area contributed by atoms with Gasteiger partial charge in [-0.15, -0.1) is 0 Å². The number of benzene rings is 1. The third-order valence-electron chi connectivity index (χ3n) is 3.49. The smallest absolute Gasteiger partial charge is 0.413 e. The van der Waals surface area contributed by atoms with Gasteiger partial charge in [-0.3, -0.25) is 9.69 Å². The first-order chi connectivity index (χ1) is 11.2. The number of nitrogens with zero attached hydrogens (tertiary/aromatic N) is 1. The van der Waals surface area contributed by atoms with Gasteiger partial charge in [-0.05, 0) is 19.3 Å². The van der Waals surface area contributed by atoms with E-state index >= 15 is 0 Å². The summed E-state index contributed by atoms with van der Waals surface area (Å²) in [4.78, 5) is 24.5. The molecule has 0 aliphatic carbocycles. The first-order valence-corrected chi connectivity index (χ1v) is 7.76. The van der Waals surface area contributed by atoms with E-state index in [0.717, 1.165) is 19.3 Å². The molecule has 1 amide bonds. The molecule has 5 heteroatoms.